The Hall–Kier alpha value is -2.08. The lowest BCUT2D eigenvalue weighted by atomic mass is 10.3. The Kier molecular flexibility index (Phi) is 4.35. The van der Waals surface area contributed by atoms with Gasteiger partial charge in [-0.25, -0.2) is 4.79 Å². The quantitative estimate of drug-likeness (QED) is 0.838. The highest BCUT2D eigenvalue weighted by Gasteiger charge is 2.03. The summed E-state index contributed by atoms with van der Waals surface area (Å²) in [6, 6.07) is 5.46. The van der Waals surface area contributed by atoms with Crippen LogP contribution in [-0.4, -0.2) is 28.0 Å². The second-order valence-corrected chi connectivity index (χ2v) is 4.50. The highest BCUT2D eigenvalue weighted by molar-refractivity contribution is 5.23. The van der Waals surface area contributed by atoms with E-state index in [1.807, 2.05) is 19.2 Å². The van der Waals surface area contributed by atoms with Crippen LogP contribution in [0.4, 0.5) is 5.82 Å². The van der Waals surface area contributed by atoms with Gasteiger partial charge in [-0.15, -0.1) is 0 Å². The summed E-state index contributed by atoms with van der Waals surface area (Å²) in [5.41, 5.74) is 5.14. The number of furan rings is 1. The van der Waals surface area contributed by atoms with Gasteiger partial charge in [0.15, 0.2) is 0 Å². The fourth-order valence-corrected chi connectivity index (χ4v) is 1.87. The van der Waals surface area contributed by atoms with Crippen LogP contribution in [0.25, 0.3) is 0 Å². The summed E-state index contributed by atoms with van der Waals surface area (Å²) in [4.78, 5) is 17.4. The molecule has 0 saturated heterocycles. The minimum atomic E-state index is -0.298. The van der Waals surface area contributed by atoms with E-state index < -0.39 is 0 Å². The third kappa shape index (κ3) is 3.96. The first kappa shape index (κ1) is 13.4. The van der Waals surface area contributed by atoms with Crippen LogP contribution in [0.5, 0.6) is 0 Å². The number of rotatable bonds is 6. The molecule has 0 fully saturated rings. The van der Waals surface area contributed by atoms with E-state index >= 15 is 0 Å². The molecule has 0 aliphatic carbocycles. The summed E-state index contributed by atoms with van der Waals surface area (Å²) >= 11 is 0. The number of hydrogen-bond donors (Lipinski definition) is 1. The molecule has 19 heavy (non-hydrogen) atoms. The summed E-state index contributed by atoms with van der Waals surface area (Å²) in [5, 5.41) is 0. The summed E-state index contributed by atoms with van der Waals surface area (Å²) in [6.07, 6.45) is 4.21. The van der Waals surface area contributed by atoms with Gasteiger partial charge in [0.2, 0.25) is 0 Å². The lowest BCUT2D eigenvalue weighted by Crippen LogP contribution is -2.26. The van der Waals surface area contributed by atoms with Crippen molar-refractivity contribution in [1.82, 2.24) is 14.5 Å². The maximum Gasteiger partial charge on any atom is 0.349 e. The molecule has 6 nitrogen and oxygen atoms in total. The Morgan fingerprint density at radius 1 is 1.47 bits per heavy atom. The van der Waals surface area contributed by atoms with Crippen LogP contribution in [0, 0.1) is 0 Å². The molecule has 0 aromatic carbocycles. The maximum absolute atomic E-state index is 11.5. The van der Waals surface area contributed by atoms with Gasteiger partial charge in [-0.1, -0.05) is 0 Å². The van der Waals surface area contributed by atoms with E-state index in [1.165, 1.54) is 0 Å². The minimum Gasteiger partial charge on any atom is -0.468 e. The molecule has 0 unspecified atom stereocenters. The van der Waals surface area contributed by atoms with Gasteiger partial charge in [0.1, 0.15) is 11.6 Å². The van der Waals surface area contributed by atoms with E-state index in [-0.39, 0.29) is 11.5 Å². The minimum absolute atomic E-state index is 0.260. The van der Waals surface area contributed by atoms with E-state index in [4.69, 9.17) is 10.2 Å². The van der Waals surface area contributed by atoms with Crippen LogP contribution >= 0.6 is 0 Å². The number of anilines is 1. The molecule has 0 bridgehead atoms. The lowest BCUT2D eigenvalue weighted by molar-refractivity contribution is 0.285. The molecule has 2 aromatic rings. The number of nitrogens with two attached hydrogens (primary N) is 1. The molecule has 2 rings (SSSR count). The van der Waals surface area contributed by atoms with Gasteiger partial charge in [0.25, 0.3) is 0 Å². The molecule has 0 amide bonds. The van der Waals surface area contributed by atoms with Crippen molar-refractivity contribution >= 4 is 5.82 Å². The van der Waals surface area contributed by atoms with Crippen LogP contribution < -0.4 is 11.4 Å². The Balaban J connectivity index is 1.78. The first-order valence-electron chi connectivity index (χ1n) is 6.19. The predicted molar refractivity (Wildman–Crippen MR) is 72.6 cm³/mol. The Bertz CT molecular complexity index is 562. The van der Waals surface area contributed by atoms with E-state index in [9.17, 15) is 4.79 Å². The molecule has 2 aromatic heterocycles. The Morgan fingerprint density at radius 3 is 3.00 bits per heavy atom. The van der Waals surface area contributed by atoms with Crippen LogP contribution in [-0.2, 0) is 13.1 Å². The summed E-state index contributed by atoms with van der Waals surface area (Å²) in [5.74, 6) is 1.20. The van der Waals surface area contributed by atoms with Crippen molar-refractivity contribution in [2.24, 2.45) is 0 Å². The fourth-order valence-electron chi connectivity index (χ4n) is 1.87. The average Bonchev–Trinajstić information content (AvgIpc) is 2.84. The number of aryl methyl sites for hydroxylation is 1. The molecular formula is C13H18N4O2. The Morgan fingerprint density at radius 2 is 2.32 bits per heavy atom. The van der Waals surface area contributed by atoms with Crippen molar-refractivity contribution in [3.05, 3.63) is 46.9 Å². The molecule has 0 spiro atoms. The maximum atomic E-state index is 11.5. The molecule has 2 N–H and O–H groups in total. The van der Waals surface area contributed by atoms with Gasteiger partial charge in [-0.3, -0.25) is 9.47 Å². The summed E-state index contributed by atoms with van der Waals surface area (Å²) in [6.45, 7) is 2.27. The van der Waals surface area contributed by atoms with Crippen LogP contribution in [0.2, 0.25) is 0 Å². The molecular weight excluding hydrogens is 244 g/mol. The largest absolute Gasteiger partial charge is 0.468 e. The second kappa shape index (κ2) is 6.19. The Labute approximate surface area is 111 Å². The monoisotopic (exact) mass is 262 g/mol. The zero-order valence-corrected chi connectivity index (χ0v) is 11.0. The third-order valence-corrected chi connectivity index (χ3v) is 2.84. The van der Waals surface area contributed by atoms with Gasteiger partial charge >= 0.3 is 5.69 Å². The van der Waals surface area contributed by atoms with Gasteiger partial charge in [0.05, 0.1) is 12.8 Å². The molecule has 0 aliphatic heterocycles. The SMILES string of the molecule is CN(CCCn1ccc(N)nc1=O)Cc1ccco1. The molecule has 2 heterocycles. The highest BCUT2D eigenvalue weighted by Crippen LogP contribution is 2.04. The molecule has 0 aliphatic rings. The molecule has 102 valence electrons. The van der Waals surface area contributed by atoms with Gasteiger partial charge in [-0.05, 0) is 31.7 Å². The molecule has 0 saturated carbocycles. The van der Waals surface area contributed by atoms with E-state index in [1.54, 1.807) is 23.1 Å². The number of nitrogen functional groups attached to an aromatic ring is 1. The standard InChI is InChI=1S/C13H18N4O2/c1-16(10-11-4-2-9-19-11)6-3-7-17-8-5-12(14)15-13(17)18/h2,4-5,8-9H,3,6-7,10H2,1H3,(H2,14,15,18). The first-order chi connectivity index (χ1) is 9.15. The normalized spacial score (nSPS) is 11.1. The van der Waals surface area contributed by atoms with Crippen molar-refractivity contribution in [2.75, 3.05) is 19.3 Å². The topological polar surface area (TPSA) is 77.3 Å². The zero-order chi connectivity index (χ0) is 13.7. The number of hydrogen-bond acceptors (Lipinski definition) is 5. The molecule has 0 radical (unpaired) electrons. The van der Waals surface area contributed by atoms with Crippen molar-refractivity contribution in [3.8, 4) is 0 Å². The first-order valence-corrected chi connectivity index (χ1v) is 6.19. The van der Waals surface area contributed by atoms with Gasteiger partial charge in [-0.2, -0.15) is 4.98 Å². The molecule has 0 atom stereocenters. The van der Waals surface area contributed by atoms with Crippen LogP contribution in [0.15, 0.2) is 39.9 Å². The van der Waals surface area contributed by atoms with E-state index in [0.717, 1.165) is 25.3 Å². The third-order valence-electron chi connectivity index (χ3n) is 2.84. The zero-order valence-electron chi connectivity index (χ0n) is 11.0. The highest BCUT2D eigenvalue weighted by atomic mass is 16.3. The lowest BCUT2D eigenvalue weighted by Gasteiger charge is -2.15. The number of aromatic nitrogens is 2. The average molecular weight is 262 g/mol. The van der Waals surface area contributed by atoms with Crippen LogP contribution in [0.3, 0.4) is 0 Å². The smallest absolute Gasteiger partial charge is 0.349 e. The van der Waals surface area contributed by atoms with Crippen molar-refractivity contribution in [3.63, 3.8) is 0 Å². The van der Waals surface area contributed by atoms with Gasteiger partial charge < -0.3 is 10.2 Å². The van der Waals surface area contributed by atoms with Crippen LogP contribution in [0.1, 0.15) is 12.2 Å². The van der Waals surface area contributed by atoms with Crippen molar-refractivity contribution < 1.29 is 4.42 Å². The van der Waals surface area contributed by atoms with Gasteiger partial charge in [0, 0.05) is 19.3 Å². The molecule has 6 heteroatoms. The number of nitrogens with zero attached hydrogens (tertiary/aromatic N) is 3. The summed E-state index contributed by atoms with van der Waals surface area (Å²) < 4.78 is 6.85. The summed E-state index contributed by atoms with van der Waals surface area (Å²) in [7, 11) is 2.02. The van der Waals surface area contributed by atoms with E-state index in [2.05, 4.69) is 9.88 Å². The van der Waals surface area contributed by atoms with Crippen molar-refractivity contribution in [1.29, 1.82) is 0 Å². The van der Waals surface area contributed by atoms with E-state index in [0.29, 0.717) is 6.54 Å². The predicted octanol–water partition coefficient (Wildman–Crippen LogP) is 0.941. The van der Waals surface area contributed by atoms with Crippen molar-refractivity contribution in [2.45, 2.75) is 19.5 Å². The fraction of sp³-hybridized carbons (Fsp3) is 0.385. The second-order valence-electron chi connectivity index (χ2n) is 4.50.